The van der Waals surface area contributed by atoms with Gasteiger partial charge < -0.3 is 4.74 Å². The lowest BCUT2D eigenvalue weighted by Gasteiger charge is -2.36. The van der Waals surface area contributed by atoms with Crippen LogP contribution in [0.2, 0.25) is 15.1 Å². The Balaban J connectivity index is 1.79. The van der Waals surface area contributed by atoms with Crippen LogP contribution in [-0.2, 0) is 5.54 Å². The van der Waals surface area contributed by atoms with Gasteiger partial charge in [-0.25, -0.2) is 15.2 Å². The Morgan fingerprint density at radius 2 is 1.15 bits per heavy atom. The Bertz CT molecular complexity index is 1110. The van der Waals surface area contributed by atoms with Gasteiger partial charge in [-0.1, -0.05) is 77.3 Å². The van der Waals surface area contributed by atoms with Crippen molar-refractivity contribution in [3.63, 3.8) is 0 Å². The maximum atomic E-state index is 12.6. The van der Waals surface area contributed by atoms with Crippen LogP contribution in [0.5, 0.6) is 5.88 Å². The van der Waals surface area contributed by atoms with Gasteiger partial charge in [0.25, 0.3) is 0 Å². The van der Waals surface area contributed by atoms with Gasteiger partial charge in [0.15, 0.2) is 0 Å². The van der Waals surface area contributed by atoms with E-state index in [4.69, 9.17) is 39.5 Å². The van der Waals surface area contributed by atoms with E-state index in [9.17, 15) is 4.79 Å². The van der Waals surface area contributed by atoms with Gasteiger partial charge in [0.2, 0.25) is 5.88 Å². The van der Waals surface area contributed by atoms with Crippen LogP contribution in [0.3, 0.4) is 0 Å². The summed E-state index contributed by atoms with van der Waals surface area (Å²) in [6.45, 7) is 0. The molecular formula is C25H18Cl3N3O2. The number of nitrogens with zero attached hydrogens (tertiary/aromatic N) is 1. The van der Waals surface area contributed by atoms with Gasteiger partial charge in [0, 0.05) is 27.3 Å². The summed E-state index contributed by atoms with van der Waals surface area (Å²) in [5.41, 5.74) is 7.26. The van der Waals surface area contributed by atoms with Crippen LogP contribution in [0.15, 0.2) is 97.2 Å². The van der Waals surface area contributed by atoms with Crippen molar-refractivity contribution in [3.8, 4) is 5.88 Å². The summed E-state index contributed by atoms with van der Waals surface area (Å²) in [5, 5.41) is 1.76. The first kappa shape index (κ1) is 23.1. The highest BCUT2D eigenvalue weighted by atomic mass is 35.5. The van der Waals surface area contributed by atoms with Crippen molar-refractivity contribution < 1.29 is 9.53 Å². The van der Waals surface area contributed by atoms with Crippen LogP contribution in [0.1, 0.15) is 16.7 Å². The lowest BCUT2D eigenvalue weighted by atomic mass is 9.77. The van der Waals surface area contributed by atoms with E-state index in [1.165, 1.54) is 6.20 Å². The lowest BCUT2D eigenvalue weighted by Crippen LogP contribution is -2.54. The van der Waals surface area contributed by atoms with Crippen molar-refractivity contribution in [2.45, 2.75) is 5.54 Å². The van der Waals surface area contributed by atoms with Gasteiger partial charge in [-0.15, -0.1) is 0 Å². The first-order chi connectivity index (χ1) is 16.0. The van der Waals surface area contributed by atoms with Gasteiger partial charge in [0.1, 0.15) is 5.54 Å². The van der Waals surface area contributed by atoms with Gasteiger partial charge >= 0.3 is 6.09 Å². The number of aromatic nitrogens is 1. The van der Waals surface area contributed by atoms with Crippen molar-refractivity contribution in [1.82, 2.24) is 15.8 Å². The second-order valence-corrected chi connectivity index (χ2v) is 8.39. The van der Waals surface area contributed by atoms with Crippen LogP contribution < -0.4 is 15.6 Å². The molecule has 0 aliphatic rings. The normalized spacial score (nSPS) is 11.1. The number of benzene rings is 3. The third-order valence-corrected chi connectivity index (χ3v) is 5.77. The van der Waals surface area contributed by atoms with Gasteiger partial charge in [-0.05, 0) is 59.2 Å². The number of rotatable bonds is 6. The molecule has 166 valence electrons. The fourth-order valence-electron chi connectivity index (χ4n) is 3.49. The second kappa shape index (κ2) is 10.2. The molecule has 0 unspecified atom stereocenters. The molecule has 3 aromatic carbocycles. The molecular weight excluding hydrogens is 481 g/mol. The Morgan fingerprint density at radius 1 is 0.697 bits per heavy atom. The predicted octanol–water partition coefficient (Wildman–Crippen LogP) is 6.63. The molecule has 33 heavy (non-hydrogen) atoms. The first-order valence-electron chi connectivity index (χ1n) is 9.91. The second-order valence-electron chi connectivity index (χ2n) is 7.08. The zero-order valence-electron chi connectivity index (χ0n) is 17.1. The average Bonchev–Trinajstić information content (AvgIpc) is 2.83. The van der Waals surface area contributed by atoms with Gasteiger partial charge in [-0.3, -0.25) is 5.43 Å². The summed E-state index contributed by atoms with van der Waals surface area (Å²) >= 11 is 18.5. The number of hydrazine groups is 1. The highest BCUT2D eigenvalue weighted by Gasteiger charge is 2.37. The van der Waals surface area contributed by atoms with Crippen molar-refractivity contribution in [2.75, 3.05) is 0 Å². The molecule has 0 saturated carbocycles. The number of nitrogens with one attached hydrogen (secondary N) is 2. The highest BCUT2D eigenvalue weighted by molar-refractivity contribution is 6.31. The fourth-order valence-corrected chi connectivity index (χ4v) is 3.87. The molecule has 0 bridgehead atoms. The van der Waals surface area contributed by atoms with E-state index in [0.29, 0.717) is 15.1 Å². The molecule has 1 amide bonds. The minimum atomic E-state index is -1.02. The average molecular weight is 499 g/mol. The molecule has 0 aliphatic heterocycles. The van der Waals surface area contributed by atoms with E-state index in [1.54, 1.807) is 54.6 Å². The standard InChI is InChI=1S/C25H18Cl3N3O2/c26-20-10-4-17(5-11-20)25(18-6-12-21(27)13-7-18,19-8-14-22(28)15-9-19)31-30-24(32)33-23-3-1-2-16-29-23/h1-16,31H,(H,30,32). The van der Waals surface area contributed by atoms with Crippen LogP contribution >= 0.6 is 34.8 Å². The van der Waals surface area contributed by atoms with E-state index in [2.05, 4.69) is 15.8 Å². The summed E-state index contributed by atoms with van der Waals surface area (Å²) in [5.74, 6) is 0.173. The summed E-state index contributed by atoms with van der Waals surface area (Å²) in [6.07, 6.45) is 0.810. The number of ether oxygens (including phenoxy) is 1. The maximum Gasteiger partial charge on any atom is 0.428 e. The molecule has 0 saturated heterocycles. The Labute approximate surface area is 206 Å². The first-order valence-corrected chi connectivity index (χ1v) is 11.0. The quantitative estimate of drug-likeness (QED) is 0.231. The van der Waals surface area contributed by atoms with Crippen LogP contribution in [0.4, 0.5) is 4.79 Å². The molecule has 1 heterocycles. The molecule has 0 radical (unpaired) electrons. The topological polar surface area (TPSA) is 63.2 Å². The van der Waals surface area contributed by atoms with Crippen molar-refractivity contribution in [1.29, 1.82) is 0 Å². The number of pyridine rings is 1. The number of amides is 1. The highest BCUT2D eigenvalue weighted by Crippen LogP contribution is 2.38. The monoisotopic (exact) mass is 497 g/mol. The predicted molar refractivity (Wildman–Crippen MR) is 131 cm³/mol. The maximum absolute atomic E-state index is 12.6. The molecule has 4 aromatic rings. The van der Waals surface area contributed by atoms with E-state index in [1.807, 2.05) is 36.4 Å². The molecule has 4 rings (SSSR count). The van der Waals surface area contributed by atoms with Crippen LogP contribution in [0, 0.1) is 0 Å². The molecule has 0 fully saturated rings. The lowest BCUT2D eigenvalue weighted by molar-refractivity contribution is 0.188. The van der Waals surface area contributed by atoms with Crippen LogP contribution in [-0.4, -0.2) is 11.1 Å². The number of hydrogen-bond acceptors (Lipinski definition) is 4. The minimum absolute atomic E-state index is 0.173. The summed E-state index contributed by atoms with van der Waals surface area (Å²) in [6, 6.07) is 27.0. The SMILES string of the molecule is O=C(NNC(c1ccc(Cl)cc1)(c1ccc(Cl)cc1)c1ccc(Cl)cc1)Oc1ccccn1. The largest absolute Gasteiger partial charge is 0.428 e. The third-order valence-electron chi connectivity index (χ3n) is 5.02. The van der Waals surface area contributed by atoms with E-state index < -0.39 is 11.6 Å². The van der Waals surface area contributed by atoms with Crippen molar-refractivity contribution in [3.05, 3.63) is 129 Å². The van der Waals surface area contributed by atoms with E-state index in [-0.39, 0.29) is 5.88 Å². The molecule has 5 nitrogen and oxygen atoms in total. The zero-order valence-corrected chi connectivity index (χ0v) is 19.4. The van der Waals surface area contributed by atoms with Gasteiger partial charge in [-0.2, -0.15) is 0 Å². The molecule has 1 aromatic heterocycles. The van der Waals surface area contributed by atoms with E-state index in [0.717, 1.165) is 16.7 Å². The Kier molecular flexibility index (Phi) is 7.16. The number of halogens is 3. The molecule has 0 aliphatic carbocycles. The fraction of sp³-hybridized carbons (Fsp3) is 0.0400. The van der Waals surface area contributed by atoms with E-state index >= 15 is 0 Å². The third kappa shape index (κ3) is 5.29. The zero-order chi connectivity index (χ0) is 23.3. The van der Waals surface area contributed by atoms with Crippen molar-refractivity contribution >= 4 is 40.9 Å². The van der Waals surface area contributed by atoms with Gasteiger partial charge in [0.05, 0.1) is 0 Å². The Hall–Kier alpha value is -3.09. The number of carbonyl (C=O) groups is 1. The summed E-state index contributed by atoms with van der Waals surface area (Å²) in [7, 11) is 0. The van der Waals surface area contributed by atoms with Crippen LogP contribution in [0.25, 0.3) is 0 Å². The Morgan fingerprint density at radius 3 is 1.55 bits per heavy atom. The molecule has 0 atom stereocenters. The summed E-state index contributed by atoms with van der Waals surface area (Å²) in [4.78, 5) is 16.6. The number of hydrogen-bond donors (Lipinski definition) is 2. The molecule has 2 N–H and O–H groups in total. The number of carbonyl (C=O) groups excluding carboxylic acids is 1. The minimum Gasteiger partial charge on any atom is -0.390 e. The van der Waals surface area contributed by atoms with Crippen molar-refractivity contribution in [2.24, 2.45) is 0 Å². The smallest absolute Gasteiger partial charge is 0.390 e. The molecule has 8 heteroatoms. The molecule has 0 spiro atoms. The summed E-state index contributed by atoms with van der Waals surface area (Å²) < 4.78 is 5.29.